The average Bonchev–Trinajstić information content (AvgIpc) is 2.91. The third kappa shape index (κ3) is 2.22. The molecule has 2 heterocycles. The predicted octanol–water partition coefficient (Wildman–Crippen LogP) is 2.59. The predicted molar refractivity (Wildman–Crippen MR) is 75.0 cm³/mol. The van der Waals surface area contributed by atoms with Crippen molar-refractivity contribution in [3.63, 3.8) is 0 Å². The van der Waals surface area contributed by atoms with E-state index in [-0.39, 0.29) is 6.79 Å². The molecule has 1 aliphatic heterocycles. The molecule has 3 rings (SSSR count). The molecule has 0 unspecified atom stereocenters. The fourth-order valence-electron chi connectivity index (χ4n) is 2.06. The van der Waals surface area contributed by atoms with Crippen molar-refractivity contribution >= 4 is 5.69 Å². The molecule has 5 nitrogen and oxygen atoms in total. The Morgan fingerprint density at radius 3 is 2.90 bits per heavy atom. The van der Waals surface area contributed by atoms with Crippen LogP contribution in [0.5, 0.6) is 17.2 Å². The van der Waals surface area contributed by atoms with Crippen molar-refractivity contribution in [3.05, 3.63) is 41.2 Å². The number of aromatic nitrogens is 1. The van der Waals surface area contributed by atoms with E-state index in [0.717, 1.165) is 34.0 Å². The fraction of sp³-hybridized carbons (Fsp3) is 0.267. The van der Waals surface area contributed by atoms with Crippen LogP contribution < -0.4 is 19.9 Å². The Labute approximate surface area is 117 Å². The fourth-order valence-corrected chi connectivity index (χ4v) is 2.06. The molecule has 2 aromatic rings. The standard InChI is InChI=1S/C15H16N2O3/c1-9-6-17-12(10(2)15(9)16)7-18-11-3-4-13-14(5-11)20-8-19-13/h3-6H,7-8H2,1-2H3,(H2,16,17). The van der Waals surface area contributed by atoms with E-state index >= 15 is 0 Å². The normalized spacial score (nSPS) is 12.5. The molecule has 0 atom stereocenters. The molecule has 0 bridgehead atoms. The van der Waals surface area contributed by atoms with Crippen LogP contribution in [-0.4, -0.2) is 11.8 Å². The maximum absolute atomic E-state index is 5.99. The van der Waals surface area contributed by atoms with E-state index in [1.807, 2.05) is 32.0 Å². The maximum Gasteiger partial charge on any atom is 0.231 e. The quantitative estimate of drug-likeness (QED) is 0.930. The molecule has 0 saturated carbocycles. The van der Waals surface area contributed by atoms with Gasteiger partial charge >= 0.3 is 0 Å². The molecular weight excluding hydrogens is 256 g/mol. The molecule has 0 fully saturated rings. The minimum absolute atomic E-state index is 0.258. The van der Waals surface area contributed by atoms with Gasteiger partial charge in [-0.2, -0.15) is 0 Å². The van der Waals surface area contributed by atoms with Crippen LogP contribution in [-0.2, 0) is 6.61 Å². The third-order valence-corrected chi connectivity index (χ3v) is 3.40. The number of pyridine rings is 1. The van der Waals surface area contributed by atoms with E-state index < -0.39 is 0 Å². The second-order valence-electron chi connectivity index (χ2n) is 4.73. The van der Waals surface area contributed by atoms with Gasteiger partial charge in [0.15, 0.2) is 11.5 Å². The first-order valence-corrected chi connectivity index (χ1v) is 6.38. The minimum Gasteiger partial charge on any atom is -0.487 e. The van der Waals surface area contributed by atoms with E-state index in [0.29, 0.717) is 12.4 Å². The van der Waals surface area contributed by atoms with Crippen molar-refractivity contribution in [2.75, 3.05) is 12.5 Å². The number of ether oxygens (including phenoxy) is 3. The molecule has 0 spiro atoms. The van der Waals surface area contributed by atoms with Gasteiger partial charge in [-0.05, 0) is 37.1 Å². The first-order valence-electron chi connectivity index (χ1n) is 6.38. The summed E-state index contributed by atoms with van der Waals surface area (Å²) in [5.74, 6) is 2.16. The van der Waals surface area contributed by atoms with Crippen LogP contribution >= 0.6 is 0 Å². The first-order chi connectivity index (χ1) is 9.65. The molecule has 0 aliphatic carbocycles. The van der Waals surface area contributed by atoms with Crippen molar-refractivity contribution in [1.82, 2.24) is 4.98 Å². The second kappa shape index (κ2) is 4.92. The van der Waals surface area contributed by atoms with Gasteiger partial charge in [0.2, 0.25) is 6.79 Å². The third-order valence-electron chi connectivity index (χ3n) is 3.40. The number of nitrogen functional groups attached to an aromatic ring is 1. The highest BCUT2D eigenvalue weighted by Crippen LogP contribution is 2.35. The number of hydrogen-bond acceptors (Lipinski definition) is 5. The zero-order valence-corrected chi connectivity index (χ0v) is 11.5. The van der Waals surface area contributed by atoms with Gasteiger partial charge in [0.05, 0.1) is 5.69 Å². The molecule has 5 heteroatoms. The lowest BCUT2D eigenvalue weighted by atomic mass is 10.1. The summed E-state index contributed by atoms with van der Waals surface area (Å²) in [6.45, 7) is 4.52. The summed E-state index contributed by atoms with van der Waals surface area (Å²) < 4.78 is 16.3. The van der Waals surface area contributed by atoms with Crippen molar-refractivity contribution in [2.24, 2.45) is 0 Å². The van der Waals surface area contributed by atoms with E-state index in [2.05, 4.69) is 4.98 Å². The number of anilines is 1. The summed E-state index contributed by atoms with van der Waals surface area (Å²) in [7, 11) is 0. The summed E-state index contributed by atoms with van der Waals surface area (Å²) >= 11 is 0. The zero-order valence-electron chi connectivity index (χ0n) is 11.5. The summed E-state index contributed by atoms with van der Waals surface area (Å²) in [6.07, 6.45) is 1.76. The Bertz CT molecular complexity index is 656. The van der Waals surface area contributed by atoms with Gasteiger partial charge in [-0.3, -0.25) is 4.98 Å². The molecule has 0 radical (unpaired) electrons. The molecular formula is C15H16N2O3. The minimum atomic E-state index is 0.258. The van der Waals surface area contributed by atoms with Crippen molar-refractivity contribution < 1.29 is 14.2 Å². The number of nitrogens with zero attached hydrogens (tertiary/aromatic N) is 1. The number of rotatable bonds is 3. The monoisotopic (exact) mass is 272 g/mol. The maximum atomic E-state index is 5.99. The molecule has 104 valence electrons. The van der Waals surface area contributed by atoms with Crippen LogP contribution in [0.15, 0.2) is 24.4 Å². The lowest BCUT2D eigenvalue weighted by Crippen LogP contribution is -2.05. The highest BCUT2D eigenvalue weighted by atomic mass is 16.7. The topological polar surface area (TPSA) is 66.6 Å². The van der Waals surface area contributed by atoms with Crippen molar-refractivity contribution in [3.8, 4) is 17.2 Å². The van der Waals surface area contributed by atoms with Crippen LogP contribution in [0.1, 0.15) is 16.8 Å². The average molecular weight is 272 g/mol. The van der Waals surface area contributed by atoms with Crippen LogP contribution in [0.25, 0.3) is 0 Å². The number of aryl methyl sites for hydroxylation is 1. The van der Waals surface area contributed by atoms with Gasteiger partial charge in [0, 0.05) is 18.0 Å². The molecule has 0 amide bonds. The van der Waals surface area contributed by atoms with Gasteiger partial charge in [-0.25, -0.2) is 0 Å². The van der Waals surface area contributed by atoms with Crippen LogP contribution in [0.4, 0.5) is 5.69 Å². The van der Waals surface area contributed by atoms with E-state index in [9.17, 15) is 0 Å². The summed E-state index contributed by atoms with van der Waals surface area (Å²) in [5, 5.41) is 0. The molecule has 1 aliphatic rings. The van der Waals surface area contributed by atoms with Gasteiger partial charge in [0.1, 0.15) is 12.4 Å². The smallest absolute Gasteiger partial charge is 0.231 e. The summed E-state index contributed by atoms with van der Waals surface area (Å²) in [6, 6.07) is 5.50. The summed E-state index contributed by atoms with van der Waals surface area (Å²) in [5.41, 5.74) is 9.54. The SMILES string of the molecule is Cc1cnc(COc2ccc3c(c2)OCO3)c(C)c1N. The Morgan fingerprint density at radius 1 is 1.25 bits per heavy atom. The number of nitrogens with two attached hydrogens (primary N) is 1. The number of fused-ring (bicyclic) bond motifs is 1. The number of benzene rings is 1. The summed E-state index contributed by atoms with van der Waals surface area (Å²) in [4.78, 5) is 4.37. The Balaban J connectivity index is 1.75. The van der Waals surface area contributed by atoms with Gasteiger partial charge in [0.25, 0.3) is 0 Å². The molecule has 20 heavy (non-hydrogen) atoms. The lowest BCUT2D eigenvalue weighted by molar-refractivity contribution is 0.173. The first kappa shape index (κ1) is 12.6. The highest BCUT2D eigenvalue weighted by Gasteiger charge is 2.14. The van der Waals surface area contributed by atoms with Crippen LogP contribution in [0.2, 0.25) is 0 Å². The highest BCUT2D eigenvalue weighted by molar-refractivity contribution is 5.53. The van der Waals surface area contributed by atoms with E-state index in [1.54, 1.807) is 6.20 Å². The van der Waals surface area contributed by atoms with Gasteiger partial charge < -0.3 is 19.9 Å². The van der Waals surface area contributed by atoms with Crippen molar-refractivity contribution in [2.45, 2.75) is 20.5 Å². The number of hydrogen-bond donors (Lipinski definition) is 1. The largest absolute Gasteiger partial charge is 0.487 e. The van der Waals surface area contributed by atoms with Crippen LogP contribution in [0, 0.1) is 13.8 Å². The molecule has 0 saturated heterocycles. The van der Waals surface area contributed by atoms with Gasteiger partial charge in [-0.15, -0.1) is 0 Å². The van der Waals surface area contributed by atoms with E-state index in [4.69, 9.17) is 19.9 Å². The molecule has 1 aromatic carbocycles. The molecule has 2 N–H and O–H groups in total. The Hall–Kier alpha value is -2.43. The Kier molecular flexibility index (Phi) is 3.10. The second-order valence-corrected chi connectivity index (χ2v) is 4.73. The van der Waals surface area contributed by atoms with Crippen LogP contribution in [0.3, 0.4) is 0 Å². The Morgan fingerprint density at radius 2 is 2.05 bits per heavy atom. The lowest BCUT2D eigenvalue weighted by Gasteiger charge is -2.11. The zero-order chi connectivity index (χ0) is 14.1. The van der Waals surface area contributed by atoms with Gasteiger partial charge in [-0.1, -0.05) is 0 Å². The van der Waals surface area contributed by atoms with Crippen molar-refractivity contribution in [1.29, 1.82) is 0 Å². The molecule has 1 aromatic heterocycles. The van der Waals surface area contributed by atoms with E-state index in [1.165, 1.54) is 0 Å².